The molecule has 1 fully saturated rings. The molecule has 1 aliphatic rings. The second-order valence-corrected chi connectivity index (χ2v) is 5.41. The lowest BCUT2D eigenvalue weighted by atomic mass is 10.0. The molecule has 0 amide bonds. The highest BCUT2D eigenvalue weighted by Crippen LogP contribution is 2.44. The Morgan fingerprint density at radius 3 is 2.86 bits per heavy atom. The largest absolute Gasteiger partial charge is 0.357 e. The monoisotopic (exact) mass is 287 g/mol. The van der Waals surface area contributed by atoms with E-state index in [0.717, 1.165) is 18.4 Å². The number of aromatic nitrogens is 3. The molecule has 1 atom stereocenters. The van der Waals surface area contributed by atoms with Crippen LogP contribution in [-0.2, 0) is 7.05 Å². The van der Waals surface area contributed by atoms with Crippen molar-refractivity contribution in [2.75, 3.05) is 5.32 Å². The molecule has 1 saturated carbocycles. The van der Waals surface area contributed by atoms with Crippen molar-refractivity contribution in [2.45, 2.75) is 25.8 Å². The van der Waals surface area contributed by atoms with E-state index < -0.39 is 0 Å². The lowest BCUT2D eigenvalue weighted by Gasteiger charge is -2.19. The first kappa shape index (κ1) is 13.5. The Kier molecular flexibility index (Phi) is 3.32. The maximum absolute atomic E-state index is 11.3. The maximum Gasteiger partial charge on any atom is 0.333 e. The molecule has 110 valence electrons. The number of nitrogens with one attached hydrogen (secondary N) is 1. The van der Waals surface area contributed by atoms with Crippen molar-refractivity contribution in [2.24, 2.45) is 13.0 Å². The van der Waals surface area contributed by atoms with Gasteiger partial charge in [0.2, 0.25) is 5.82 Å². The Morgan fingerprint density at radius 1 is 1.52 bits per heavy atom. The van der Waals surface area contributed by atoms with Crippen LogP contribution in [0.3, 0.4) is 0 Å². The fourth-order valence-corrected chi connectivity index (χ4v) is 2.64. The van der Waals surface area contributed by atoms with Gasteiger partial charge in [-0.15, -0.1) is 0 Å². The van der Waals surface area contributed by atoms with Gasteiger partial charge in [0.05, 0.1) is 11.0 Å². The van der Waals surface area contributed by atoms with Crippen molar-refractivity contribution in [3.63, 3.8) is 0 Å². The minimum absolute atomic E-state index is 0.0344. The first-order valence-corrected chi connectivity index (χ1v) is 6.92. The topological polar surface area (TPSA) is 85.9 Å². The second kappa shape index (κ2) is 5.16. The van der Waals surface area contributed by atoms with Gasteiger partial charge in [-0.1, -0.05) is 6.07 Å². The number of rotatable bonds is 5. The van der Waals surface area contributed by atoms with Gasteiger partial charge in [-0.3, -0.25) is 15.1 Å². The van der Waals surface area contributed by atoms with Crippen LogP contribution < -0.4 is 5.32 Å². The lowest BCUT2D eigenvalue weighted by Crippen LogP contribution is -2.16. The van der Waals surface area contributed by atoms with Crippen LogP contribution in [0, 0.1) is 23.0 Å². The summed E-state index contributed by atoms with van der Waals surface area (Å²) in [6.07, 6.45) is 5.78. The van der Waals surface area contributed by atoms with Gasteiger partial charge in [0.25, 0.3) is 0 Å². The Labute approximate surface area is 122 Å². The molecular weight excluding hydrogens is 270 g/mol. The number of hydrogen-bond donors (Lipinski definition) is 1. The Bertz CT molecular complexity index is 664. The van der Waals surface area contributed by atoms with Crippen LogP contribution in [0.25, 0.3) is 0 Å². The molecule has 7 heteroatoms. The van der Waals surface area contributed by atoms with Gasteiger partial charge in [0, 0.05) is 19.4 Å². The molecule has 0 spiro atoms. The van der Waals surface area contributed by atoms with Gasteiger partial charge in [-0.25, -0.2) is 4.68 Å². The van der Waals surface area contributed by atoms with Crippen molar-refractivity contribution in [1.29, 1.82) is 0 Å². The van der Waals surface area contributed by atoms with E-state index in [-0.39, 0.29) is 16.7 Å². The van der Waals surface area contributed by atoms with Gasteiger partial charge in [-0.2, -0.15) is 5.10 Å². The predicted octanol–water partition coefficient (Wildman–Crippen LogP) is 2.59. The van der Waals surface area contributed by atoms with Crippen LogP contribution in [-0.4, -0.2) is 19.7 Å². The first-order chi connectivity index (χ1) is 10.1. The summed E-state index contributed by atoms with van der Waals surface area (Å²) in [5.41, 5.74) is 1.52. The summed E-state index contributed by atoms with van der Waals surface area (Å²) in [5.74, 6) is 0.947. The third-order valence-electron chi connectivity index (χ3n) is 3.80. The molecule has 0 aromatic carbocycles. The molecule has 2 aromatic rings. The molecular formula is C14H17N5O2. The van der Waals surface area contributed by atoms with Gasteiger partial charge >= 0.3 is 5.69 Å². The highest BCUT2D eigenvalue weighted by Gasteiger charge is 2.35. The van der Waals surface area contributed by atoms with Crippen LogP contribution in [0.4, 0.5) is 11.5 Å². The van der Waals surface area contributed by atoms with Gasteiger partial charge in [0.15, 0.2) is 0 Å². The zero-order valence-corrected chi connectivity index (χ0v) is 12.0. The molecule has 2 aromatic heterocycles. The molecule has 1 N–H and O–H groups in total. The molecule has 7 nitrogen and oxygen atoms in total. The smallest absolute Gasteiger partial charge is 0.333 e. The zero-order chi connectivity index (χ0) is 15.0. The van der Waals surface area contributed by atoms with E-state index in [2.05, 4.69) is 15.4 Å². The maximum atomic E-state index is 11.3. The Balaban J connectivity index is 1.96. The number of nitro groups is 1. The quantitative estimate of drug-likeness (QED) is 0.674. The number of nitrogens with zero attached hydrogens (tertiary/aromatic N) is 4. The second-order valence-electron chi connectivity index (χ2n) is 5.41. The standard InChI is InChI=1S/C14H17N5O2/c1-9-13(19(20)21)14(18(2)17-9)16-12(10-5-6-10)11-4-3-7-15-8-11/h3-4,7-8,10,12,16H,5-6H2,1-2H3/t12-/m1/s1. The number of aryl methyl sites for hydroxylation is 2. The highest BCUT2D eigenvalue weighted by molar-refractivity contribution is 5.60. The summed E-state index contributed by atoms with van der Waals surface area (Å²) >= 11 is 0. The average Bonchev–Trinajstić information content (AvgIpc) is 3.23. The molecule has 0 bridgehead atoms. The van der Waals surface area contributed by atoms with Crippen molar-refractivity contribution in [3.05, 3.63) is 45.9 Å². The molecule has 3 rings (SSSR count). The predicted molar refractivity (Wildman–Crippen MR) is 77.9 cm³/mol. The van der Waals surface area contributed by atoms with Crippen molar-refractivity contribution < 1.29 is 4.92 Å². The molecule has 1 aliphatic carbocycles. The molecule has 0 radical (unpaired) electrons. The summed E-state index contributed by atoms with van der Waals surface area (Å²) < 4.78 is 1.54. The lowest BCUT2D eigenvalue weighted by molar-refractivity contribution is -0.384. The minimum Gasteiger partial charge on any atom is -0.357 e. The SMILES string of the molecule is Cc1nn(C)c(N[C@@H](c2cccnc2)C2CC2)c1[N+](=O)[O-]. The van der Waals surface area contributed by atoms with Gasteiger partial charge in [0.1, 0.15) is 5.69 Å². The van der Waals surface area contributed by atoms with Crippen LogP contribution in [0.1, 0.15) is 30.1 Å². The molecule has 2 heterocycles. The molecule has 21 heavy (non-hydrogen) atoms. The fourth-order valence-electron chi connectivity index (χ4n) is 2.64. The number of pyridine rings is 1. The van der Waals surface area contributed by atoms with Crippen molar-refractivity contribution in [3.8, 4) is 0 Å². The average molecular weight is 287 g/mol. The molecule has 0 saturated heterocycles. The van der Waals surface area contributed by atoms with E-state index in [1.54, 1.807) is 24.9 Å². The summed E-state index contributed by atoms with van der Waals surface area (Å²) in [6, 6.07) is 3.92. The fraction of sp³-hybridized carbons (Fsp3) is 0.429. The summed E-state index contributed by atoms with van der Waals surface area (Å²) in [5, 5.41) is 18.7. The van der Waals surface area contributed by atoms with E-state index in [4.69, 9.17) is 0 Å². The zero-order valence-electron chi connectivity index (χ0n) is 12.0. The van der Waals surface area contributed by atoms with Crippen molar-refractivity contribution in [1.82, 2.24) is 14.8 Å². The third-order valence-corrected chi connectivity index (χ3v) is 3.80. The van der Waals surface area contributed by atoms with Crippen LogP contribution in [0.5, 0.6) is 0 Å². The van der Waals surface area contributed by atoms with Gasteiger partial charge < -0.3 is 5.32 Å². The summed E-state index contributed by atoms with van der Waals surface area (Å²) in [6.45, 7) is 1.65. The normalized spacial score (nSPS) is 15.7. The van der Waals surface area contributed by atoms with E-state index in [0.29, 0.717) is 17.4 Å². The van der Waals surface area contributed by atoms with Crippen LogP contribution in [0.2, 0.25) is 0 Å². The highest BCUT2D eigenvalue weighted by atomic mass is 16.6. The number of hydrogen-bond acceptors (Lipinski definition) is 5. The van der Waals surface area contributed by atoms with E-state index in [9.17, 15) is 10.1 Å². The Morgan fingerprint density at radius 2 is 2.29 bits per heavy atom. The first-order valence-electron chi connectivity index (χ1n) is 6.92. The summed E-state index contributed by atoms with van der Waals surface area (Å²) in [4.78, 5) is 15.0. The van der Waals surface area contributed by atoms with Gasteiger partial charge in [-0.05, 0) is 37.3 Å². The van der Waals surface area contributed by atoms with Crippen LogP contribution in [0.15, 0.2) is 24.5 Å². The minimum atomic E-state index is -0.377. The third kappa shape index (κ3) is 2.58. The van der Waals surface area contributed by atoms with Crippen LogP contribution >= 0.6 is 0 Å². The van der Waals surface area contributed by atoms with Crippen molar-refractivity contribution >= 4 is 11.5 Å². The molecule has 0 unspecified atom stereocenters. The van der Waals surface area contributed by atoms with E-state index >= 15 is 0 Å². The van der Waals surface area contributed by atoms with E-state index in [1.165, 1.54) is 0 Å². The summed E-state index contributed by atoms with van der Waals surface area (Å²) in [7, 11) is 1.72. The number of anilines is 1. The Hall–Kier alpha value is -2.44. The van der Waals surface area contributed by atoms with E-state index in [1.807, 2.05) is 18.3 Å². The molecule has 0 aliphatic heterocycles.